The molecular weight excluding hydrogens is 262 g/mol. The Morgan fingerprint density at radius 3 is 2.47 bits per heavy atom. The van der Waals surface area contributed by atoms with Crippen LogP contribution >= 0.6 is 0 Å². The van der Waals surface area contributed by atoms with E-state index in [0.29, 0.717) is 18.9 Å². The van der Waals surface area contributed by atoms with Crippen LogP contribution in [-0.2, 0) is 16.4 Å². The van der Waals surface area contributed by atoms with Crippen LogP contribution in [-0.4, -0.2) is 43.3 Å². The fourth-order valence-electron chi connectivity index (χ4n) is 2.37. The molecule has 0 unspecified atom stereocenters. The van der Waals surface area contributed by atoms with Crippen molar-refractivity contribution >= 4 is 10.0 Å². The molecule has 0 bridgehead atoms. The lowest BCUT2D eigenvalue weighted by molar-refractivity contribution is 0.0367. The van der Waals surface area contributed by atoms with E-state index in [1.165, 1.54) is 4.31 Å². The third-order valence-corrected chi connectivity index (χ3v) is 5.51. The summed E-state index contributed by atoms with van der Waals surface area (Å²) in [4.78, 5) is 0. The highest BCUT2D eigenvalue weighted by atomic mass is 32.2. The third-order valence-electron chi connectivity index (χ3n) is 3.69. The van der Waals surface area contributed by atoms with Crippen molar-refractivity contribution in [3.05, 3.63) is 35.9 Å². The summed E-state index contributed by atoms with van der Waals surface area (Å²) in [6.45, 7) is 0.522. The van der Waals surface area contributed by atoms with Crippen molar-refractivity contribution in [2.45, 2.75) is 25.4 Å². The summed E-state index contributed by atoms with van der Waals surface area (Å²) in [6, 6.07) is 9.64. The Hall–Kier alpha value is -0.910. The number of rotatable bonds is 6. The summed E-state index contributed by atoms with van der Waals surface area (Å²) >= 11 is 0. The lowest BCUT2D eigenvalue weighted by Gasteiger charge is -2.34. The number of hydrogen-bond acceptors (Lipinski definition) is 3. The van der Waals surface area contributed by atoms with Gasteiger partial charge in [-0.3, -0.25) is 0 Å². The first-order valence-electron chi connectivity index (χ1n) is 6.63. The molecule has 0 atom stereocenters. The van der Waals surface area contributed by atoms with Crippen LogP contribution in [0.2, 0.25) is 0 Å². The molecule has 0 radical (unpaired) electrons. The van der Waals surface area contributed by atoms with E-state index in [0.717, 1.165) is 18.4 Å². The second-order valence-electron chi connectivity index (χ2n) is 5.32. The quantitative estimate of drug-likeness (QED) is 0.855. The normalized spacial score (nSPS) is 23.3. The Morgan fingerprint density at radius 1 is 1.26 bits per heavy atom. The molecule has 1 aliphatic carbocycles. The van der Waals surface area contributed by atoms with Gasteiger partial charge in [-0.15, -0.1) is 0 Å². The van der Waals surface area contributed by atoms with Crippen LogP contribution in [0.3, 0.4) is 0 Å². The Balaban J connectivity index is 1.84. The van der Waals surface area contributed by atoms with Crippen LogP contribution in [0.4, 0.5) is 0 Å². The lowest BCUT2D eigenvalue weighted by atomic mass is 9.82. The summed E-state index contributed by atoms with van der Waals surface area (Å²) in [5, 5.41) is 9.22. The minimum Gasteiger partial charge on any atom is -0.393 e. The molecule has 1 N–H and O–H groups in total. The highest BCUT2D eigenvalue weighted by Gasteiger charge is 2.30. The molecule has 19 heavy (non-hydrogen) atoms. The number of nitrogens with zero attached hydrogens (tertiary/aromatic N) is 1. The molecule has 0 aliphatic heterocycles. The van der Waals surface area contributed by atoms with Crippen LogP contribution in [0, 0.1) is 5.92 Å². The summed E-state index contributed by atoms with van der Waals surface area (Å²) in [5.41, 5.74) is 1.04. The fourth-order valence-corrected chi connectivity index (χ4v) is 3.62. The van der Waals surface area contributed by atoms with Gasteiger partial charge in [0.2, 0.25) is 10.0 Å². The first-order valence-corrected chi connectivity index (χ1v) is 8.24. The zero-order chi connectivity index (χ0) is 13.9. The molecule has 106 valence electrons. The molecular formula is C14H21NO3S. The van der Waals surface area contributed by atoms with Crippen LogP contribution in [0.15, 0.2) is 30.3 Å². The van der Waals surface area contributed by atoms with Crippen molar-refractivity contribution in [2.24, 2.45) is 5.92 Å². The lowest BCUT2D eigenvalue weighted by Crippen LogP contribution is -2.40. The van der Waals surface area contributed by atoms with Gasteiger partial charge in [-0.25, -0.2) is 12.7 Å². The van der Waals surface area contributed by atoms with E-state index in [1.54, 1.807) is 7.05 Å². The minimum absolute atomic E-state index is 0.142. The third kappa shape index (κ3) is 4.03. The van der Waals surface area contributed by atoms with Crippen LogP contribution in [0.1, 0.15) is 18.4 Å². The average Bonchev–Trinajstić information content (AvgIpc) is 2.36. The van der Waals surface area contributed by atoms with E-state index < -0.39 is 10.0 Å². The van der Waals surface area contributed by atoms with Crippen LogP contribution in [0.25, 0.3) is 0 Å². The van der Waals surface area contributed by atoms with E-state index >= 15 is 0 Å². The fraction of sp³-hybridized carbons (Fsp3) is 0.571. The second kappa shape index (κ2) is 6.03. The molecule has 2 rings (SSSR count). The van der Waals surface area contributed by atoms with Gasteiger partial charge in [0.1, 0.15) is 0 Å². The molecule has 0 saturated heterocycles. The maximum Gasteiger partial charge on any atom is 0.214 e. The molecule has 5 heteroatoms. The first-order chi connectivity index (χ1) is 8.97. The van der Waals surface area contributed by atoms with Gasteiger partial charge in [-0.05, 0) is 30.7 Å². The average molecular weight is 283 g/mol. The topological polar surface area (TPSA) is 57.6 Å². The molecule has 0 heterocycles. The zero-order valence-electron chi connectivity index (χ0n) is 11.2. The number of aliphatic hydroxyl groups excluding tert-OH is 1. The molecule has 1 aliphatic rings. The highest BCUT2D eigenvalue weighted by molar-refractivity contribution is 7.89. The van der Waals surface area contributed by atoms with Crippen molar-refractivity contribution in [1.82, 2.24) is 4.31 Å². The summed E-state index contributed by atoms with van der Waals surface area (Å²) < 4.78 is 25.7. The van der Waals surface area contributed by atoms with Crippen molar-refractivity contribution in [3.63, 3.8) is 0 Å². The van der Waals surface area contributed by atoms with Crippen molar-refractivity contribution in [2.75, 3.05) is 19.3 Å². The number of aryl methyl sites for hydroxylation is 1. The largest absolute Gasteiger partial charge is 0.393 e. The second-order valence-corrected chi connectivity index (χ2v) is 7.52. The van der Waals surface area contributed by atoms with Gasteiger partial charge in [0.15, 0.2) is 0 Å². The predicted molar refractivity (Wildman–Crippen MR) is 75.3 cm³/mol. The van der Waals surface area contributed by atoms with E-state index in [-0.39, 0.29) is 11.9 Å². The summed E-state index contributed by atoms with van der Waals surface area (Å²) in [5.74, 6) is 0.453. The SMILES string of the molecule is CN(CC1CC(O)C1)S(=O)(=O)CCc1ccccc1. The molecule has 1 saturated carbocycles. The zero-order valence-corrected chi connectivity index (χ0v) is 12.0. The van der Waals surface area contributed by atoms with E-state index in [9.17, 15) is 13.5 Å². The Labute approximate surface area is 115 Å². The number of benzene rings is 1. The first kappa shape index (κ1) is 14.5. The van der Waals surface area contributed by atoms with E-state index in [2.05, 4.69) is 0 Å². The van der Waals surface area contributed by atoms with Gasteiger partial charge >= 0.3 is 0 Å². The van der Waals surface area contributed by atoms with E-state index in [4.69, 9.17) is 0 Å². The van der Waals surface area contributed by atoms with Gasteiger partial charge in [0.05, 0.1) is 11.9 Å². The standard InChI is InChI=1S/C14H21NO3S/c1-15(11-13-9-14(16)10-13)19(17,18)8-7-12-5-3-2-4-6-12/h2-6,13-14,16H,7-11H2,1H3. The maximum atomic E-state index is 12.1. The van der Waals surface area contributed by atoms with Gasteiger partial charge in [0.25, 0.3) is 0 Å². The van der Waals surface area contributed by atoms with Crippen molar-refractivity contribution in [3.8, 4) is 0 Å². The molecule has 0 amide bonds. The monoisotopic (exact) mass is 283 g/mol. The number of hydrogen-bond donors (Lipinski definition) is 1. The molecule has 1 aromatic carbocycles. The molecule has 1 fully saturated rings. The highest BCUT2D eigenvalue weighted by Crippen LogP contribution is 2.28. The Bertz CT molecular complexity index is 495. The minimum atomic E-state index is -3.20. The van der Waals surface area contributed by atoms with Gasteiger partial charge in [0, 0.05) is 13.6 Å². The molecule has 1 aromatic rings. The Morgan fingerprint density at radius 2 is 1.89 bits per heavy atom. The number of sulfonamides is 1. The predicted octanol–water partition coefficient (Wildman–Crippen LogP) is 1.26. The Kier molecular flexibility index (Phi) is 4.60. The molecule has 0 spiro atoms. The van der Waals surface area contributed by atoms with Crippen LogP contribution in [0.5, 0.6) is 0 Å². The van der Waals surface area contributed by atoms with Crippen molar-refractivity contribution < 1.29 is 13.5 Å². The van der Waals surface area contributed by atoms with E-state index in [1.807, 2.05) is 30.3 Å². The smallest absolute Gasteiger partial charge is 0.214 e. The van der Waals surface area contributed by atoms with Crippen molar-refractivity contribution in [1.29, 1.82) is 0 Å². The number of aliphatic hydroxyl groups is 1. The maximum absolute atomic E-state index is 12.1. The van der Waals surface area contributed by atoms with Gasteiger partial charge < -0.3 is 5.11 Å². The van der Waals surface area contributed by atoms with Gasteiger partial charge in [-0.2, -0.15) is 0 Å². The molecule has 4 nitrogen and oxygen atoms in total. The summed E-state index contributed by atoms with van der Waals surface area (Å²) in [6.07, 6.45) is 1.75. The summed E-state index contributed by atoms with van der Waals surface area (Å²) in [7, 11) is -1.57. The molecule has 0 aromatic heterocycles. The van der Waals surface area contributed by atoms with Gasteiger partial charge in [-0.1, -0.05) is 30.3 Å². The van der Waals surface area contributed by atoms with Crippen LogP contribution < -0.4 is 0 Å².